The molecule has 1 aliphatic rings. The minimum absolute atomic E-state index is 0.172. The Morgan fingerprint density at radius 3 is 2.41 bits per heavy atom. The number of carbonyl (C=O) groups is 1. The third kappa shape index (κ3) is 3.29. The first-order valence-corrected chi connectivity index (χ1v) is 6.24. The Morgan fingerprint density at radius 2 is 1.82 bits per heavy atom. The maximum absolute atomic E-state index is 13.4. The molecule has 0 spiro atoms. The van der Waals surface area contributed by atoms with Crippen LogP contribution in [0.3, 0.4) is 0 Å². The molecule has 0 saturated carbocycles. The monoisotopic (exact) mass is 237 g/mol. The van der Waals surface area contributed by atoms with Gasteiger partial charge in [-0.2, -0.15) is 0 Å². The van der Waals surface area contributed by atoms with Crippen molar-refractivity contribution < 1.29 is 9.18 Å². The van der Waals surface area contributed by atoms with Crippen LogP contribution in [0.1, 0.15) is 42.6 Å². The van der Waals surface area contributed by atoms with Gasteiger partial charge >= 0.3 is 0 Å². The van der Waals surface area contributed by atoms with E-state index in [-0.39, 0.29) is 11.5 Å². The van der Waals surface area contributed by atoms with Crippen molar-refractivity contribution in [3.05, 3.63) is 35.1 Å². The first-order chi connectivity index (χ1) is 8.18. The number of carbonyl (C=O) groups excluding carboxylic acids is 1. The molecule has 17 heavy (non-hydrogen) atoms. The van der Waals surface area contributed by atoms with Crippen molar-refractivity contribution in [1.29, 1.82) is 0 Å². The Morgan fingerprint density at radius 1 is 1.24 bits per heavy atom. The van der Waals surface area contributed by atoms with Crippen LogP contribution in [0.4, 0.5) is 4.39 Å². The first-order valence-electron chi connectivity index (χ1n) is 6.24. The van der Waals surface area contributed by atoms with E-state index in [1.807, 2.05) is 20.8 Å². The summed E-state index contributed by atoms with van der Waals surface area (Å²) >= 11 is 0. The first kappa shape index (κ1) is 13.7. The van der Waals surface area contributed by atoms with Crippen molar-refractivity contribution in [2.75, 3.05) is 13.1 Å². The number of halogens is 1. The van der Waals surface area contributed by atoms with Crippen LogP contribution in [-0.4, -0.2) is 23.9 Å². The second kappa shape index (κ2) is 6.38. The molecule has 94 valence electrons. The molecule has 1 fully saturated rings. The molecular weight excluding hydrogens is 217 g/mol. The Balaban J connectivity index is 0.000000686. The van der Waals surface area contributed by atoms with Gasteiger partial charge in [-0.15, -0.1) is 0 Å². The van der Waals surface area contributed by atoms with Gasteiger partial charge in [-0.3, -0.25) is 4.79 Å². The Hall–Kier alpha value is -1.38. The second-order valence-corrected chi connectivity index (χ2v) is 3.98. The summed E-state index contributed by atoms with van der Waals surface area (Å²) in [6.07, 6.45) is 2.05. The molecule has 0 aliphatic carbocycles. The van der Waals surface area contributed by atoms with E-state index in [0.29, 0.717) is 0 Å². The molecule has 1 saturated heterocycles. The number of benzene rings is 1. The van der Waals surface area contributed by atoms with Crippen LogP contribution in [0.25, 0.3) is 0 Å². The van der Waals surface area contributed by atoms with E-state index in [1.165, 1.54) is 6.07 Å². The highest BCUT2D eigenvalue weighted by atomic mass is 19.1. The molecule has 3 heteroatoms. The van der Waals surface area contributed by atoms with Crippen LogP contribution in [0.15, 0.2) is 18.2 Å². The van der Waals surface area contributed by atoms with Crippen molar-refractivity contribution in [3.8, 4) is 0 Å². The fraction of sp³-hybridized carbons (Fsp3) is 0.500. The molecule has 0 aromatic heterocycles. The summed E-state index contributed by atoms with van der Waals surface area (Å²) in [7, 11) is 0. The smallest absolute Gasteiger partial charge is 0.256 e. The summed E-state index contributed by atoms with van der Waals surface area (Å²) in [5.41, 5.74) is 1.12. The van der Waals surface area contributed by atoms with Gasteiger partial charge in [0, 0.05) is 13.1 Å². The quantitative estimate of drug-likeness (QED) is 0.733. The summed E-state index contributed by atoms with van der Waals surface area (Å²) in [5.74, 6) is -0.591. The fourth-order valence-corrected chi connectivity index (χ4v) is 1.89. The van der Waals surface area contributed by atoms with E-state index >= 15 is 0 Å². The Bertz CT molecular complexity index is 384. The highest BCUT2D eigenvalue weighted by Gasteiger charge is 2.21. The largest absolute Gasteiger partial charge is 0.339 e. The number of amides is 1. The van der Waals surface area contributed by atoms with Crippen LogP contribution in [0.2, 0.25) is 0 Å². The lowest BCUT2D eigenvalue weighted by Gasteiger charge is -2.15. The van der Waals surface area contributed by atoms with E-state index < -0.39 is 5.82 Å². The van der Waals surface area contributed by atoms with Crippen LogP contribution in [0.5, 0.6) is 0 Å². The third-order valence-corrected chi connectivity index (χ3v) is 2.75. The molecule has 1 aromatic rings. The minimum Gasteiger partial charge on any atom is -0.339 e. The lowest BCUT2D eigenvalue weighted by molar-refractivity contribution is 0.0788. The van der Waals surface area contributed by atoms with Crippen molar-refractivity contribution in [3.63, 3.8) is 0 Å². The SMILES string of the molecule is CC.Cc1ccc(F)c(C(=O)N2CCCC2)c1. The maximum Gasteiger partial charge on any atom is 0.256 e. The lowest BCUT2D eigenvalue weighted by atomic mass is 10.1. The van der Waals surface area contributed by atoms with Gasteiger partial charge in [0.15, 0.2) is 0 Å². The number of hydrogen-bond donors (Lipinski definition) is 0. The summed E-state index contributed by atoms with van der Waals surface area (Å²) in [6.45, 7) is 7.37. The van der Waals surface area contributed by atoms with Crippen molar-refractivity contribution in [1.82, 2.24) is 4.90 Å². The molecule has 0 radical (unpaired) electrons. The molecule has 2 rings (SSSR count). The molecule has 1 aliphatic heterocycles. The topological polar surface area (TPSA) is 20.3 Å². The molecule has 0 atom stereocenters. The minimum atomic E-state index is -0.419. The van der Waals surface area contributed by atoms with Crippen molar-refractivity contribution >= 4 is 5.91 Å². The van der Waals surface area contributed by atoms with Crippen molar-refractivity contribution in [2.45, 2.75) is 33.6 Å². The molecule has 2 nitrogen and oxygen atoms in total. The van der Waals surface area contributed by atoms with Crippen LogP contribution >= 0.6 is 0 Å². The molecule has 1 heterocycles. The number of likely N-dealkylation sites (tertiary alicyclic amines) is 1. The second-order valence-electron chi connectivity index (χ2n) is 3.98. The van der Waals surface area contributed by atoms with Crippen LogP contribution in [0, 0.1) is 12.7 Å². The number of rotatable bonds is 1. The Labute approximate surface area is 102 Å². The lowest BCUT2D eigenvalue weighted by Crippen LogP contribution is -2.28. The molecule has 0 bridgehead atoms. The normalized spacial score (nSPS) is 14.2. The van der Waals surface area contributed by atoms with E-state index in [0.717, 1.165) is 31.5 Å². The zero-order chi connectivity index (χ0) is 12.8. The highest BCUT2D eigenvalue weighted by Crippen LogP contribution is 2.16. The standard InChI is InChI=1S/C12H14FNO.C2H6/c1-9-4-5-11(13)10(8-9)12(15)14-6-2-3-7-14;1-2/h4-5,8H,2-3,6-7H2,1H3;1-2H3. The summed E-state index contributed by atoms with van der Waals surface area (Å²) in [4.78, 5) is 13.6. The van der Waals surface area contributed by atoms with E-state index in [2.05, 4.69) is 0 Å². The number of hydrogen-bond acceptors (Lipinski definition) is 1. The molecular formula is C14H20FNO. The average Bonchev–Trinajstić information content (AvgIpc) is 2.88. The van der Waals surface area contributed by atoms with Gasteiger partial charge in [-0.1, -0.05) is 25.5 Å². The van der Waals surface area contributed by atoms with Gasteiger partial charge < -0.3 is 4.90 Å². The predicted octanol–water partition coefficient (Wildman–Crippen LogP) is 3.40. The summed E-state index contributed by atoms with van der Waals surface area (Å²) in [5, 5.41) is 0. The molecule has 1 amide bonds. The summed E-state index contributed by atoms with van der Waals surface area (Å²) < 4.78 is 13.4. The van der Waals surface area contributed by atoms with Gasteiger partial charge in [0.25, 0.3) is 5.91 Å². The van der Waals surface area contributed by atoms with Gasteiger partial charge in [0.2, 0.25) is 0 Å². The van der Waals surface area contributed by atoms with Crippen LogP contribution < -0.4 is 0 Å². The molecule has 0 unspecified atom stereocenters. The van der Waals surface area contributed by atoms with Gasteiger partial charge in [0.1, 0.15) is 5.82 Å². The Kier molecular flexibility index (Phi) is 5.13. The van der Waals surface area contributed by atoms with Gasteiger partial charge in [-0.05, 0) is 31.9 Å². The van der Waals surface area contributed by atoms with Crippen molar-refractivity contribution in [2.24, 2.45) is 0 Å². The summed E-state index contributed by atoms with van der Waals surface area (Å²) in [6, 6.07) is 4.66. The van der Waals surface area contributed by atoms with E-state index in [4.69, 9.17) is 0 Å². The van der Waals surface area contributed by atoms with Gasteiger partial charge in [-0.25, -0.2) is 4.39 Å². The third-order valence-electron chi connectivity index (χ3n) is 2.75. The van der Waals surface area contributed by atoms with Gasteiger partial charge in [0.05, 0.1) is 5.56 Å². The zero-order valence-electron chi connectivity index (χ0n) is 10.8. The number of aryl methyl sites for hydroxylation is 1. The van der Waals surface area contributed by atoms with Crippen LogP contribution in [-0.2, 0) is 0 Å². The average molecular weight is 237 g/mol. The van der Waals surface area contributed by atoms with E-state index in [1.54, 1.807) is 17.0 Å². The van der Waals surface area contributed by atoms with E-state index in [9.17, 15) is 9.18 Å². The number of nitrogens with zero attached hydrogens (tertiary/aromatic N) is 1. The molecule has 1 aromatic carbocycles. The fourth-order valence-electron chi connectivity index (χ4n) is 1.89. The highest BCUT2D eigenvalue weighted by molar-refractivity contribution is 5.94. The predicted molar refractivity (Wildman–Crippen MR) is 67.6 cm³/mol. The molecule has 0 N–H and O–H groups in total. The maximum atomic E-state index is 13.4. The zero-order valence-corrected chi connectivity index (χ0v) is 10.8.